The van der Waals surface area contributed by atoms with E-state index in [-0.39, 0.29) is 15.8 Å². The number of hydrogen-bond donors (Lipinski definition) is 1. The van der Waals surface area contributed by atoms with Gasteiger partial charge in [-0.15, -0.1) is 0 Å². The van der Waals surface area contributed by atoms with Gasteiger partial charge < -0.3 is 10.1 Å². The predicted octanol–water partition coefficient (Wildman–Crippen LogP) is 4.51. The molecular weight excluding hydrogens is 303 g/mol. The maximum absolute atomic E-state index is 12.2. The van der Waals surface area contributed by atoms with Gasteiger partial charge in [-0.3, -0.25) is 0 Å². The number of hydrogen-bond acceptors (Lipinski definition) is 3. The zero-order valence-electron chi connectivity index (χ0n) is 9.26. The van der Waals surface area contributed by atoms with Crippen LogP contribution in [0.1, 0.15) is 6.42 Å². The summed E-state index contributed by atoms with van der Waals surface area (Å²) in [4.78, 5) is 0. The number of alkyl halides is 2. The zero-order valence-corrected chi connectivity index (χ0v) is 11.6. The van der Waals surface area contributed by atoms with Crippen LogP contribution in [0.25, 0.3) is 0 Å². The summed E-state index contributed by atoms with van der Waals surface area (Å²) in [5.41, 5.74) is 0.721. The Kier molecular flexibility index (Phi) is 4.81. The van der Waals surface area contributed by atoms with Crippen LogP contribution in [0.5, 0.6) is 5.75 Å². The smallest absolute Gasteiger partial charge is 0.387 e. The molecule has 0 radical (unpaired) electrons. The van der Waals surface area contributed by atoms with Gasteiger partial charge in [0.25, 0.3) is 0 Å². The van der Waals surface area contributed by atoms with Crippen molar-refractivity contribution in [2.24, 2.45) is 0 Å². The van der Waals surface area contributed by atoms with Crippen molar-refractivity contribution in [2.75, 3.05) is 16.8 Å². The molecule has 1 aromatic carbocycles. The van der Waals surface area contributed by atoms with Crippen LogP contribution in [0.2, 0.25) is 10.0 Å². The molecule has 1 aromatic rings. The lowest BCUT2D eigenvalue weighted by Gasteiger charge is -2.15. The van der Waals surface area contributed by atoms with E-state index in [0.29, 0.717) is 6.04 Å². The number of benzene rings is 1. The monoisotopic (exact) mass is 313 g/mol. The molecular formula is C11H11Cl2F2NOS. The predicted molar refractivity (Wildman–Crippen MR) is 72.4 cm³/mol. The van der Waals surface area contributed by atoms with Crippen LogP contribution in [-0.4, -0.2) is 24.2 Å². The van der Waals surface area contributed by atoms with Crippen LogP contribution in [0.15, 0.2) is 12.1 Å². The standard InChI is InChI=1S/C11H11Cl2F2NOS/c12-8-3-7(16-6-1-2-18-5-6)4-9(13)10(8)17-11(14)15/h3-4,6,11,16H,1-2,5H2. The van der Waals surface area contributed by atoms with Crippen molar-refractivity contribution in [3.63, 3.8) is 0 Å². The number of ether oxygens (including phenoxy) is 1. The third-order valence-electron chi connectivity index (χ3n) is 2.51. The highest BCUT2D eigenvalue weighted by atomic mass is 35.5. The molecule has 1 heterocycles. The van der Waals surface area contributed by atoms with Gasteiger partial charge in [-0.05, 0) is 24.3 Å². The van der Waals surface area contributed by atoms with Crippen molar-refractivity contribution in [1.29, 1.82) is 0 Å². The minimum Gasteiger partial charge on any atom is -0.432 e. The third kappa shape index (κ3) is 3.56. The lowest BCUT2D eigenvalue weighted by Crippen LogP contribution is -2.18. The highest BCUT2D eigenvalue weighted by Gasteiger charge is 2.18. The van der Waals surface area contributed by atoms with E-state index in [2.05, 4.69) is 10.1 Å². The lowest BCUT2D eigenvalue weighted by molar-refractivity contribution is -0.0497. The van der Waals surface area contributed by atoms with Gasteiger partial charge in [0.15, 0.2) is 5.75 Å². The maximum atomic E-state index is 12.2. The molecule has 1 N–H and O–H groups in total. The fraction of sp³-hybridized carbons (Fsp3) is 0.455. The summed E-state index contributed by atoms with van der Waals surface area (Å²) in [5.74, 6) is 1.95. The normalized spacial score (nSPS) is 19.3. The zero-order chi connectivity index (χ0) is 13.1. The van der Waals surface area contributed by atoms with Crippen LogP contribution < -0.4 is 10.1 Å². The van der Waals surface area contributed by atoms with E-state index < -0.39 is 6.61 Å². The van der Waals surface area contributed by atoms with Crippen LogP contribution in [-0.2, 0) is 0 Å². The molecule has 2 nitrogen and oxygen atoms in total. The Labute approximate surface area is 118 Å². The average molecular weight is 314 g/mol. The average Bonchev–Trinajstić information content (AvgIpc) is 2.76. The van der Waals surface area contributed by atoms with Gasteiger partial charge in [-0.2, -0.15) is 20.5 Å². The Bertz CT molecular complexity index is 404. The fourth-order valence-electron chi connectivity index (χ4n) is 1.73. The maximum Gasteiger partial charge on any atom is 0.387 e. The van der Waals surface area contributed by atoms with Crippen molar-refractivity contribution in [3.8, 4) is 5.75 Å². The summed E-state index contributed by atoms with van der Waals surface area (Å²) in [7, 11) is 0. The second kappa shape index (κ2) is 6.17. The Morgan fingerprint density at radius 2 is 2.00 bits per heavy atom. The molecule has 1 fully saturated rings. The minimum absolute atomic E-state index is 0.0796. The number of rotatable bonds is 4. The molecule has 100 valence electrons. The van der Waals surface area contributed by atoms with Gasteiger partial charge in [0, 0.05) is 17.5 Å². The largest absolute Gasteiger partial charge is 0.432 e. The van der Waals surface area contributed by atoms with Gasteiger partial charge in [-0.25, -0.2) is 0 Å². The first-order chi connectivity index (χ1) is 8.56. The first-order valence-electron chi connectivity index (χ1n) is 5.34. The van der Waals surface area contributed by atoms with Crippen molar-refractivity contribution < 1.29 is 13.5 Å². The second-order valence-electron chi connectivity index (χ2n) is 3.85. The molecule has 1 saturated heterocycles. The molecule has 0 amide bonds. The van der Waals surface area contributed by atoms with Crippen LogP contribution in [0.4, 0.5) is 14.5 Å². The molecule has 0 aliphatic carbocycles. The van der Waals surface area contributed by atoms with Crippen LogP contribution in [0.3, 0.4) is 0 Å². The van der Waals surface area contributed by atoms with Crippen molar-refractivity contribution >= 4 is 40.7 Å². The molecule has 18 heavy (non-hydrogen) atoms. The molecule has 0 bridgehead atoms. The van der Waals surface area contributed by atoms with E-state index in [9.17, 15) is 8.78 Å². The molecule has 0 aromatic heterocycles. The number of anilines is 1. The highest BCUT2D eigenvalue weighted by Crippen LogP contribution is 2.37. The van der Waals surface area contributed by atoms with Crippen LogP contribution in [0, 0.1) is 0 Å². The number of halogens is 4. The van der Waals surface area contributed by atoms with E-state index in [4.69, 9.17) is 23.2 Å². The summed E-state index contributed by atoms with van der Waals surface area (Å²) in [5, 5.41) is 3.43. The molecule has 0 saturated carbocycles. The third-order valence-corrected chi connectivity index (χ3v) is 4.23. The van der Waals surface area contributed by atoms with Gasteiger partial charge in [0.1, 0.15) is 0 Å². The van der Waals surface area contributed by atoms with Gasteiger partial charge in [0.05, 0.1) is 10.0 Å². The molecule has 1 unspecified atom stereocenters. The van der Waals surface area contributed by atoms with E-state index >= 15 is 0 Å². The molecule has 7 heteroatoms. The summed E-state index contributed by atoms with van der Waals surface area (Å²) in [6, 6.07) is 3.46. The molecule has 2 rings (SSSR count). The Morgan fingerprint density at radius 3 is 2.50 bits per heavy atom. The number of thioether (sulfide) groups is 1. The van der Waals surface area contributed by atoms with E-state index in [1.807, 2.05) is 11.8 Å². The van der Waals surface area contributed by atoms with Gasteiger partial charge in [-0.1, -0.05) is 23.2 Å². The van der Waals surface area contributed by atoms with E-state index in [0.717, 1.165) is 23.6 Å². The first kappa shape index (κ1) is 14.0. The topological polar surface area (TPSA) is 21.3 Å². The summed E-state index contributed by atoms with van der Waals surface area (Å²) in [6.07, 6.45) is 1.06. The SMILES string of the molecule is FC(F)Oc1c(Cl)cc(NC2CCSC2)cc1Cl. The van der Waals surface area contributed by atoms with Crippen molar-refractivity contribution in [3.05, 3.63) is 22.2 Å². The second-order valence-corrected chi connectivity index (χ2v) is 5.82. The Morgan fingerprint density at radius 1 is 1.33 bits per heavy atom. The van der Waals surface area contributed by atoms with Crippen molar-refractivity contribution in [1.82, 2.24) is 0 Å². The summed E-state index contributed by atoms with van der Waals surface area (Å²) in [6.45, 7) is -2.94. The van der Waals surface area contributed by atoms with E-state index in [1.165, 1.54) is 0 Å². The Hall–Kier alpha value is -0.390. The minimum atomic E-state index is -2.94. The van der Waals surface area contributed by atoms with Gasteiger partial charge in [0.2, 0.25) is 0 Å². The van der Waals surface area contributed by atoms with Gasteiger partial charge >= 0.3 is 6.61 Å². The molecule has 1 aliphatic rings. The molecule has 1 aliphatic heterocycles. The number of nitrogens with one attached hydrogen (secondary N) is 1. The summed E-state index contributed by atoms with van der Waals surface area (Å²) >= 11 is 13.6. The first-order valence-corrected chi connectivity index (χ1v) is 7.25. The molecule has 1 atom stereocenters. The molecule has 0 spiro atoms. The van der Waals surface area contributed by atoms with Crippen molar-refractivity contribution in [2.45, 2.75) is 19.1 Å². The summed E-state index contributed by atoms with van der Waals surface area (Å²) < 4.78 is 28.6. The highest BCUT2D eigenvalue weighted by molar-refractivity contribution is 7.99. The quantitative estimate of drug-likeness (QED) is 0.883. The Balaban J connectivity index is 2.13. The lowest BCUT2D eigenvalue weighted by atomic mass is 10.2. The van der Waals surface area contributed by atoms with E-state index in [1.54, 1.807) is 12.1 Å². The fourth-order valence-corrected chi connectivity index (χ4v) is 3.46. The van der Waals surface area contributed by atoms with Crippen LogP contribution >= 0.6 is 35.0 Å².